The molecular weight excluding hydrogens is 455 g/mol. The molecule has 1 heterocycles. The molecule has 0 unspecified atom stereocenters. The maximum absolute atomic E-state index is 12.6. The SMILES string of the molecule is CN=C(NCCCn1nc(C)cc1C)NCC1(C(=O)N(C)C)CCCC1.I. The molecule has 1 fully saturated rings. The van der Waals surface area contributed by atoms with Crippen LogP contribution in [-0.2, 0) is 11.3 Å². The standard InChI is InChI=1S/C19H34N6O.HI/c1-15-13-16(2)25(23-15)12-8-11-21-18(20-3)22-14-19(9-6-7-10-19)17(26)24(4)5;/h13H,6-12,14H2,1-5H3,(H2,20,21,22);1H. The minimum absolute atomic E-state index is 0. The third-order valence-electron chi connectivity index (χ3n) is 5.18. The number of carbonyl (C=O) groups is 1. The summed E-state index contributed by atoms with van der Waals surface area (Å²) in [5, 5.41) is 11.2. The van der Waals surface area contributed by atoms with Crippen LogP contribution in [0.5, 0.6) is 0 Å². The second-order valence-corrected chi connectivity index (χ2v) is 7.54. The van der Waals surface area contributed by atoms with Crippen LogP contribution in [0.4, 0.5) is 0 Å². The Hall–Kier alpha value is -1.32. The maximum atomic E-state index is 12.6. The van der Waals surface area contributed by atoms with Gasteiger partial charge in [-0.15, -0.1) is 24.0 Å². The quantitative estimate of drug-likeness (QED) is 0.266. The van der Waals surface area contributed by atoms with E-state index in [0.29, 0.717) is 6.54 Å². The molecule has 0 spiro atoms. The number of halogens is 1. The fraction of sp³-hybridized carbons (Fsp3) is 0.737. The number of rotatable bonds is 7. The second kappa shape index (κ2) is 10.9. The van der Waals surface area contributed by atoms with Gasteiger partial charge in [0.1, 0.15) is 0 Å². The molecule has 1 aromatic heterocycles. The predicted octanol–water partition coefficient (Wildman–Crippen LogP) is 2.32. The Kier molecular flexibility index (Phi) is 9.55. The summed E-state index contributed by atoms with van der Waals surface area (Å²) in [6, 6.07) is 2.09. The highest BCUT2D eigenvalue weighted by molar-refractivity contribution is 14.0. The van der Waals surface area contributed by atoms with Gasteiger partial charge >= 0.3 is 0 Å². The third kappa shape index (κ3) is 6.36. The van der Waals surface area contributed by atoms with Crippen molar-refractivity contribution in [2.75, 3.05) is 34.2 Å². The average molecular weight is 490 g/mol. The van der Waals surface area contributed by atoms with E-state index in [9.17, 15) is 4.79 Å². The van der Waals surface area contributed by atoms with Gasteiger partial charge in [-0.1, -0.05) is 12.8 Å². The lowest BCUT2D eigenvalue weighted by Gasteiger charge is -2.31. The van der Waals surface area contributed by atoms with Crippen LogP contribution < -0.4 is 10.6 Å². The molecule has 1 aromatic rings. The van der Waals surface area contributed by atoms with Crippen LogP contribution >= 0.6 is 24.0 Å². The molecule has 1 aliphatic rings. The molecule has 0 saturated heterocycles. The zero-order chi connectivity index (χ0) is 19.2. The first-order chi connectivity index (χ1) is 12.4. The summed E-state index contributed by atoms with van der Waals surface area (Å²) in [5.41, 5.74) is 1.96. The van der Waals surface area contributed by atoms with E-state index in [-0.39, 0.29) is 35.3 Å². The van der Waals surface area contributed by atoms with Gasteiger partial charge in [0, 0.05) is 46.5 Å². The Morgan fingerprint density at radius 1 is 1.30 bits per heavy atom. The highest BCUT2D eigenvalue weighted by Crippen LogP contribution is 2.38. The summed E-state index contributed by atoms with van der Waals surface area (Å²) in [7, 11) is 5.45. The first-order valence-corrected chi connectivity index (χ1v) is 9.55. The van der Waals surface area contributed by atoms with E-state index >= 15 is 0 Å². The van der Waals surface area contributed by atoms with Gasteiger partial charge in [-0.05, 0) is 39.2 Å². The molecule has 154 valence electrons. The summed E-state index contributed by atoms with van der Waals surface area (Å²) >= 11 is 0. The Morgan fingerprint density at radius 2 is 1.96 bits per heavy atom. The van der Waals surface area contributed by atoms with Crippen LogP contribution in [0.25, 0.3) is 0 Å². The molecule has 2 N–H and O–H groups in total. The smallest absolute Gasteiger partial charge is 0.230 e. The van der Waals surface area contributed by atoms with Crippen LogP contribution in [0.2, 0.25) is 0 Å². The molecule has 1 amide bonds. The van der Waals surface area contributed by atoms with Gasteiger partial charge in [0.2, 0.25) is 5.91 Å². The Bertz CT molecular complexity index is 634. The monoisotopic (exact) mass is 490 g/mol. The van der Waals surface area contributed by atoms with E-state index in [0.717, 1.165) is 56.8 Å². The van der Waals surface area contributed by atoms with Crippen LogP contribution in [0.3, 0.4) is 0 Å². The molecule has 27 heavy (non-hydrogen) atoms. The first-order valence-electron chi connectivity index (χ1n) is 9.55. The lowest BCUT2D eigenvalue weighted by atomic mass is 9.84. The van der Waals surface area contributed by atoms with Crippen LogP contribution in [0.1, 0.15) is 43.5 Å². The van der Waals surface area contributed by atoms with E-state index in [1.165, 1.54) is 5.69 Å². The molecule has 1 aliphatic carbocycles. The molecule has 7 nitrogen and oxygen atoms in total. The molecule has 0 radical (unpaired) electrons. The van der Waals surface area contributed by atoms with Gasteiger partial charge in [0.15, 0.2) is 5.96 Å². The zero-order valence-corrected chi connectivity index (χ0v) is 19.7. The number of aryl methyl sites for hydroxylation is 3. The van der Waals surface area contributed by atoms with Gasteiger partial charge in [0.05, 0.1) is 11.1 Å². The van der Waals surface area contributed by atoms with Gasteiger partial charge in [-0.25, -0.2) is 0 Å². The lowest BCUT2D eigenvalue weighted by Crippen LogP contribution is -2.49. The van der Waals surface area contributed by atoms with Crippen molar-refractivity contribution in [3.05, 3.63) is 17.5 Å². The van der Waals surface area contributed by atoms with E-state index in [4.69, 9.17) is 0 Å². The largest absolute Gasteiger partial charge is 0.356 e. The molecule has 0 aromatic carbocycles. The third-order valence-corrected chi connectivity index (χ3v) is 5.18. The average Bonchev–Trinajstić information content (AvgIpc) is 3.20. The van der Waals surface area contributed by atoms with Crippen molar-refractivity contribution in [1.82, 2.24) is 25.3 Å². The zero-order valence-electron chi connectivity index (χ0n) is 17.3. The molecule has 0 bridgehead atoms. The van der Waals surface area contributed by atoms with Crippen molar-refractivity contribution in [2.24, 2.45) is 10.4 Å². The Labute approximate surface area is 180 Å². The normalized spacial score (nSPS) is 16.0. The highest BCUT2D eigenvalue weighted by Gasteiger charge is 2.42. The van der Waals surface area contributed by atoms with Crippen molar-refractivity contribution in [2.45, 2.75) is 52.5 Å². The van der Waals surface area contributed by atoms with E-state index < -0.39 is 0 Å². The molecule has 1 saturated carbocycles. The number of aromatic nitrogens is 2. The number of amides is 1. The molecule has 2 rings (SSSR count). The van der Waals surface area contributed by atoms with E-state index in [2.05, 4.69) is 33.7 Å². The summed E-state index contributed by atoms with van der Waals surface area (Å²) in [5.74, 6) is 0.985. The summed E-state index contributed by atoms with van der Waals surface area (Å²) in [4.78, 5) is 18.7. The van der Waals surface area contributed by atoms with Gasteiger partial charge < -0.3 is 15.5 Å². The Balaban J connectivity index is 0.00000364. The van der Waals surface area contributed by atoms with Crippen LogP contribution in [0.15, 0.2) is 11.1 Å². The lowest BCUT2D eigenvalue weighted by molar-refractivity contribution is -0.138. The summed E-state index contributed by atoms with van der Waals surface area (Å²) in [6.07, 6.45) is 5.11. The number of nitrogens with one attached hydrogen (secondary N) is 2. The van der Waals surface area contributed by atoms with Gasteiger partial charge in [-0.3, -0.25) is 14.5 Å². The van der Waals surface area contributed by atoms with Crippen LogP contribution in [0, 0.1) is 19.3 Å². The van der Waals surface area contributed by atoms with E-state index in [1.54, 1.807) is 11.9 Å². The van der Waals surface area contributed by atoms with Gasteiger partial charge in [0.25, 0.3) is 0 Å². The van der Waals surface area contributed by atoms with Crippen molar-refractivity contribution in [3.8, 4) is 0 Å². The fourth-order valence-electron chi connectivity index (χ4n) is 3.80. The minimum Gasteiger partial charge on any atom is -0.356 e. The maximum Gasteiger partial charge on any atom is 0.230 e. The van der Waals surface area contributed by atoms with Gasteiger partial charge in [-0.2, -0.15) is 5.10 Å². The molecule has 0 atom stereocenters. The predicted molar refractivity (Wildman–Crippen MR) is 121 cm³/mol. The first kappa shape index (κ1) is 23.7. The van der Waals surface area contributed by atoms with Crippen molar-refractivity contribution in [1.29, 1.82) is 0 Å². The number of nitrogens with zero attached hydrogens (tertiary/aromatic N) is 4. The Morgan fingerprint density at radius 3 is 2.48 bits per heavy atom. The topological polar surface area (TPSA) is 74.5 Å². The van der Waals surface area contributed by atoms with Crippen molar-refractivity contribution in [3.63, 3.8) is 0 Å². The summed E-state index contributed by atoms with van der Waals surface area (Å²) < 4.78 is 2.04. The second-order valence-electron chi connectivity index (χ2n) is 7.54. The van der Waals surface area contributed by atoms with Crippen LogP contribution in [-0.4, -0.2) is 60.8 Å². The molecular formula is C19H35IN6O. The fourth-order valence-corrected chi connectivity index (χ4v) is 3.80. The number of hydrogen-bond donors (Lipinski definition) is 2. The highest BCUT2D eigenvalue weighted by atomic mass is 127. The molecule has 8 heteroatoms. The van der Waals surface area contributed by atoms with Crippen molar-refractivity contribution >= 4 is 35.8 Å². The number of hydrogen-bond acceptors (Lipinski definition) is 3. The van der Waals surface area contributed by atoms with E-state index in [1.807, 2.05) is 25.7 Å². The van der Waals surface area contributed by atoms with Crippen molar-refractivity contribution < 1.29 is 4.79 Å². The minimum atomic E-state index is -0.287. The molecule has 0 aliphatic heterocycles. The number of carbonyl (C=O) groups excluding carboxylic acids is 1. The summed E-state index contributed by atoms with van der Waals surface area (Å²) in [6.45, 7) is 6.43. The number of guanidine groups is 1. The number of aliphatic imine (C=N–C) groups is 1.